The highest BCUT2D eigenvalue weighted by atomic mass is 35.5. The molecule has 126 valence electrons. The zero-order valence-corrected chi connectivity index (χ0v) is 15.0. The van der Waals surface area contributed by atoms with Crippen LogP contribution in [-0.4, -0.2) is 30.4 Å². The van der Waals surface area contributed by atoms with E-state index in [1.807, 2.05) is 13.0 Å². The normalized spacial score (nSPS) is 13.0. The van der Waals surface area contributed by atoms with Gasteiger partial charge in [0.05, 0.1) is 12.1 Å². The molecule has 1 aromatic carbocycles. The van der Waals surface area contributed by atoms with Crippen molar-refractivity contribution >= 4 is 29.1 Å². The first-order valence-electron chi connectivity index (χ1n) is 7.53. The third-order valence-corrected chi connectivity index (χ3v) is 4.52. The Labute approximate surface area is 147 Å². The van der Waals surface area contributed by atoms with Crippen molar-refractivity contribution in [2.45, 2.75) is 32.9 Å². The number of halogens is 2. The van der Waals surface area contributed by atoms with Gasteiger partial charge in [0, 0.05) is 25.4 Å². The third-order valence-electron chi connectivity index (χ3n) is 3.74. The summed E-state index contributed by atoms with van der Waals surface area (Å²) < 4.78 is 11.1. The molecule has 1 aromatic rings. The van der Waals surface area contributed by atoms with E-state index >= 15 is 0 Å². The second kappa shape index (κ2) is 7.93. The monoisotopic (exact) mass is 357 g/mol. The molecule has 0 radical (unpaired) electrons. The number of rotatable bonds is 7. The van der Waals surface area contributed by atoms with Gasteiger partial charge in [0.25, 0.3) is 0 Å². The van der Waals surface area contributed by atoms with Crippen LogP contribution in [0.2, 0.25) is 5.02 Å². The summed E-state index contributed by atoms with van der Waals surface area (Å²) in [6.07, 6.45) is 1.37. The predicted molar refractivity (Wildman–Crippen MR) is 92.5 cm³/mol. The second-order valence-electron chi connectivity index (χ2n) is 5.53. The van der Waals surface area contributed by atoms with E-state index in [1.165, 1.54) is 0 Å². The summed E-state index contributed by atoms with van der Waals surface area (Å²) in [6.45, 7) is 7.13. The van der Waals surface area contributed by atoms with Crippen molar-refractivity contribution in [1.82, 2.24) is 4.90 Å². The Morgan fingerprint density at radius 1 is 1.43 bits per heavy atom. The van der Waals surface area contributed by atoms with Crippen LogP contribution >= 0.6 is 23.2 Å². The maximum atomic E-state index is 12.1. The lowest BCUT2D eigenvalue weighted by atomic mass is 10.1. The van der Waals surface area contributed by atoms with Gasteiger partial charge in [-0.2, -0.15) is 0 Å². The van der Waals surface area contributed by atoms with Gasteiger partial charge in [-0.05, 0) is 29.2 Å². The number of nitrogens with zero attached hydrogens (tertiary/aromatic N) is 1. The van der Waals surface area contributed by atoms with Gasteiger partial charge in [0.2, 0.25) is 5.91 Å². The van der Waals surface area contributed by atoms with Gasteiger partial charge in [-0.25, -0.2) is 0 Å². The summed E-state index contributed by atoms with van der Waals surface area (Å²) in [7, 11) is 1.57. The van der Waals surface area contributed by atoms with E-state index in [0.29, 0.717) is 41.9 Å². The topological polar surface area (TPSA) is 38.8 Å². The Balaban J connectivity index is 2.26. The van der Waals surface area contributed by atoms with E-state index in [4.69, 9.17) is 32.7 Å². The number of hydrogen-bond donors (Lipinski definition) is 0. The molecule has 0 bridgehead atoms. The first-order chi connectivity index (χ1) is 11.0. The fourth-order valence-corrected chi connectivity index (χ4v) is 2.91. The number of ether oxygens (including phenoxy) is 2. The minimum Gasteiger partial charge on any atom is -0.493 e. The molecular weight excluding hydrogens is 337 g/mol. The molecule has 4 nitrogen and oxygen atoms in total. The van der Waals surface area contributed by atoms with Crippen LogP contribution in [0.25, 0.3) is 0 Å². The molecule has 1 aliphatic heterocycles. The summed E-state index contributed by atoms with van der Waals surface area (Å²) in [5.41, 5.74) is 2.67. The highest BCUT2D eigenvalue weighted by Crippen LogP contribution is 2.43. The Hall–Kier alpha value is -1.39. The van der Waals surface area contributed by atoms with Gasteiger partial charge >= 0.3 is 0 Å². The largest absolute Gasteiger partial charge is 0.493 e. The van der Waals surface area contributed by atoms with Crippen LogP contribution in [0.5, 0.6) is 11.5 Å². The number of benzene rings is 1. The lowest BCUT2D eigenvalue weighted by molar-refractivity contribution is -0.131. The van der Waals surface area contributed by atoms with Gasteiger partial charge in [0.15, 0.2) is 11.5 Å². The molecule has 0 unspecified atom stereocenters. The average Bonchev–Trinajstić information content (AvgIpc) is 2.98. The molecule has 1 heterocycles. The number of methoxy groups -OCH3 is 1. The van der Waals surface area contributed by atoms with Crippen molar-refractivity contribution in [2.75, 3.05) is 19.6 Å². The van der Waals surface area contributed by atoms with E-state index in [0.717, 1.165) is 23.1 Å². The zero-order chi connectivity index (χ0) is 17.0. The molecule has 1 amide bonds. The Morgan fingerprint density at radius 2 is 2.17 bits per heavy atom. The molecule has 0 saturated heterocycles. The van der Waals surface area contributed by atoms with Crippen molar-refractivity contribution in [3.63, 3.8) is 0 Å². The number of carbonyl (C=O) groups excluding carboxylic acids is 1. The summed E-state index contributed by atoms with van der Waals surface area (Å²) in [5.74, 6) is 1.49. The van der Waals surface area contributed by atoms with Crippen LogP contribution in [-0.2, 0) is 17.9 Å². The van der Waals surface area contributed by atoms with Crippen LogP contribution in [0.3, 0.4) is 0 Å². The Bertz CT molecular complexity index is 616. The lowest BCUT2D eigenvalue weighted by Gasteiger charge is -2.15. The van der Waals surface area contributed by atoms with Crippen LogP contribution < -0.4 is 9.47 Å². The number of alkyl halides is 1. The molecule has 0 atom stereocenters. The number of hydrogen-bond acceptors (Lipinski definition) is 3. The van der Waals surface area contributed by atoms with Crippen LogP contribution in [0.1, 0.15) is 30.9 Å². The maximum absolute atomic E-state index is 12.1. The van der Waals surface area contributed by atoms with E-state index in [-0.39, 0.29) is 12.5 Å². The van der Waals surface area contributed by atoms with Gasteiger partial charge in [0.1, 0.15) is 6.61 Å². The van der Waals surface area contributed by atoms with Gasteiger partial charge < -0.3 is 14.4 Å². The molecule has 0 saturated carbocycles. The van der Waals surface area contributed by atoms with E-state index < -0.39 is 0 Å². The molecule has 2 rings (SSSR count). The molecule has 1 aliphatic rings. The van der Waals surface area contributed by atoms with Crippen molar-refractivity contribution in [3.05, 3.63) is 34.4 Å². The molecule has 0 aliphatic carbocycles. The standard InChI is InChI=1S/C17H21Cl2NO3/c1-4-5-15(21)20-8-12-6-14(22-3)17(16(19)13(12)9-20)23-10-11(2)7-18/h6H,2,4-5,7-10H2,1,3H3. The van der Waals surface area contributed by atoms with Gasteiger partial charge in [-0.3, -0.25) is 4.79 Å². The van der Waals surface area contributed by atoms with Crippen LogP contribution in [0.15, 0.2) is 18.2 Å². The van der Waals surface area contributed by atoms with Crippen LogP contribution in [0.4, 0.5) is 0 Å². The minimum atomic E-state index is 0.136. The number of fused-ring (bicyclic) bond motifs is 1. The summed E-state index contributed by atoms with van der Waals surface area (Å²) in [4.78, 5) is 13.9. The first-order valence-corrected chi connectivity index (χ1v) is 8.44. The smallest absolute Gasteiger partial charge is 0.223 e. The first kappa shape index (κ1) is 18.0. The summed E-state index contributed by atoms with van der Waals surface area (Å²) in [5, 5.41) is 0.494. The fraction of sp³-hybridized carbons (Fsp3) is 0.471. The highest BCUT2D eigenvalue weighted by molar-refractivity contribution is 6.33. The van der Waals surface area contributed by atoms with Crippen LogP contribution in [0, 0.1) is 0 Å². The maximum Gasteiger partial charge on any atom is 0.223 e. The van der Waals surface area contributed by atoms with E-state index in [9.17, 15) is 4.79 Å². The second-order valence-corrected chi connectivity index (χ2v) is 6.18. The van der Waals surface area contributed by atoms with E-state index in [2.05, 4.69) is 6.58 Å². The van der Waals surface area contributed by atoms with E-state index in [1.54, 1.807) is 12.0 Å². The Kier molecular flexibility index (Phi) is 6.19. The molecule has 0 fully saturated rings. The third kappa shape index (κ3) is 3.93. The van der Waals surface area contributed by atoms with Crippen molar-refractivity contribution < 1.29 is 14.3 Å². The summed E-state index contributed by atoms with van der Waals surface area (Å²) >= 11 is 12.2. The quantitative estimate of drug-likeness (QED) is 0.543. The zero-order valence-electron chi connectivity index (χ0n) is 13.5. The SMILES string of the molecule is C=C(CCl)COc1c(OC)cc2c(c1Cl)CN(C(=O)CCC)C2. The molecule has 0 spiro atoms. The van der Waals surface area contributed by atoms with Gasteiger partial charge in [-0.15, -0.1) is 11.6 Å². The lowest BCUT2D eigenvalue weighted by Crippen LogP contribution is -2.24. The van der Waals surface area contributed by atoms with Crippen molar-refractivity contribution in [1.29, 1.82) is 0 Å². The van der Waals surface area contributed by atoms with Crippen molar-refractivity contribution in [3.8, 4) is 11.5 Å². The molecule has 0 N–H and O–H groups in total. The molecular formula is C17H21Cl2NO3. The average molecular weight is 358 g/mol. The summed E-state index contributed by atoms with van der Waals surface area (Å²) in [6, 6.07) is 1.89. The van der Waals surface area contributed by atoms with Crippen molar-refractivity contribution in [2.24, 2.45) is 0 Å². The molecule has 6 heteroatoms. The highest BCUT2D eigenvalue weighted by Gasteiger charge is 2.28. The molecule has 23 heavy (non-hydrogen) atoms. The molecule has 0 aromatic heterocycles. The number of amides is 1. The minimum absolute atomic E-state index is 0.136. The predicted octanol–water partition coefficient (Wildman–Crippen LogP) is 4.16. The number of carbonyl (C=O) groups is 1. The fourth-order valence-electron chi connectivity index (χ4n) is 2.51. The van der Waals surface area contributed by atoms with Gasteiger partial charge in [-0.1, -0.05) is 25.1 Å². The Morgan fingerprint density at radius 3 is 2.78 bits per heavy atom.